The predicted molar refractivity (Wildman–Crippen MR) is 243 cm³/mol. The Hall–Kier alpha value is -5.12. The summed E-state index contributed by atoms with van der Waals surface area (Å²) in [5.41, 5.74) is 5.66. The van der Waals surface area contributed by atoms with Crippen LogP contribution in [-0.4, -0.2) is 84.8 Å². The second-order valence-corrected chi connectivity index (χ2v) is 16.2. The Morgan fingerprint density at radius 1 is 0.354 bits per heavy atom. The highest BCUT2D eigenvalue weighted by molar-refractivity contribution is 5.18. The molecule has 2 aliphatic heterocycles. The Bertz CT molecular complexity index is 2210. The van der Waals surface area contributed by atoms with Gasteiger partial charge in [-0.25, -0.2) is 0 Å². The first-order valence-electron chi connectivity index (χ1n) is 22.3. The lowest BCUT2D eigenvalue weighted by molar-refractivity contribution is -0.373. The van der Waals surface area contributed by atoms with E-state index in [-0.39, 0.29) is 39.6 Å². The zero-order valence-corrected chi connectivity index (χ0v) is 36.3. The number of rotatable bonds is 22. The van der Waals surface area contributed by atoms with Gasteiger partial charge in [-0.1, -0.05) is 182 Å². The fourth-order valence-corrected chi connectivity index (χ4v) is 8.12. The lowest BCUT2D eigenvalue weighted by atomic mass is 9.95. The maximum atomic E-state index is 11.5. The summed E-state index contributed by atoms with van der Waals surface area (Å²) in [7, 11) is 0. The zero-order valence-electron chi connectivity index (χ0n) is 36.3. The van der Waals surface area contributed by atoms with Crippen LogP contribution in [0.1, 0.15) is 33.4 Å². The fourth-order valence-electron chi connectivity index (χ4n) is 8.12. The average Bonchev–Trinajstić information content (AvgIpc) is 3.36. The predicted octanol–water partition coefficient (Wildman–Crippen LogP) is 7.95. The van der Waals surface area contributed by atoms with E-state index in [0.717, 1.165) is 33.4 Å². The van der Waals surface area contributed by atoms with Crippen molar-refractivity contribution < 1.29 is 52.8 Å². The molecule has 0 saturated carbocycles. The second-order valence-electron chi connectivity index (χ2n) is 16.2. The molecule has 0 spiro atoms. The van der Waals surface area contributed by atoms with Crippen LogP contribution in [0.2, 0.25) is 0 Å². The molecule has 0 radical (unpaired) electrons. The van der Waals surface area contributed by atoms with Gasteiger partial charge in [-0.3, -0.25) is 0 Å². The number of ether oxygens (including phenoxy) is 9. The third-order valence-corrected chi connectivity index (χ3v) is 11.5. The Balaban J connectivity index is 1.16. The molecule has 6 aromatic carbocycles. The zero-order chi connectivity index (χ0) is 44.5. The molecule has 0 aliphatic carbocycles. The van der Waals surface area contributed by atoms with Crippen molar-refractivity contribution in [3.8, 4) is 0 Å². The molecule has 11 heteroatoms. The second kappa shape index (κ2) is 24.4. The fraction of sp³-hybridized carbons (Fsp3) is 0.333. The van der Waals surface area contributed by atoms with Crippen LogP contribution in [0.4, 0.5) is 0 Å². The van der Waals surface area contributed by atoms with E-state index in [1.807, 2.05) is 182 Å². The molecule has 2 heterocycles. The molecule has 2 N–H and O–H groups in total. The van der Waals surface area contributed by atoms with Gasteiger partial charge in [0.2, 0.25) is 0 Å². The number of benzene rings is 6. The van der Waals surface area contributed by atoms with Gasteiger partial charge in [0.15, 0.2) is 12.6 Å². The highest BCUT2D eigenvalue weighted by Crippen LogP contribution is 2.36. The largest absolute Gasteiger partial charge is 0.394 e. The van der Waals surface area contributed by atoms with Crippen LogP contribution in [0.5, 0.6) is 0 Å². The van der Waals surface area contributed by atoms with Gasteiger partial charge in [-0.15, -0.1) is 0 Å². The molecule has 1 unspecified atom stereocenters. The van der Waals surface area contributed by atoms with Gasteiger partial charge in [0, 0.05) is 0 Å². The summed E-state index contributed by atoms with van der Waals surface area (Å²) < 4.78 is 60.5. The number of aliphatic hydroxyl groups is 2. The lowest BCUT2D eigenvalue weighted by Crippen LogP contribution is -2.66. The Kier molecular flexibility index (Phi) is 17.4. The molecular formula is C54H58O11. The van der Waals surface area contributed by atoms with Crippen LogP contribution in [-0.2, 0) is 82.3 Å². The van der Waals surface area contributed by atoms with E-state index in [9.17, 15) is 10.2 Å². The summed E-state index contributed by atoms with van der Waals surface area (Å²) in [4.78, 5) is 0. The summed E-state index contributed by atoms with van der Waals surface area (Å²) >= 11 is 0. The summed E-state index contributed by atoms with van der Waals surface area (Å²) in [6, 6.07) is 59.0. The molecule has 2 fully saturated rings. The van der Waals surface area contributed by atoms with E-state index in [4.69, 9.17) is 42.6 Å². The van der Waals surface area contributed by atoms with E-state index in [2.05, 4.69) is 0 Å². The Labute approximate surface area is 381 Å². The van der Waals surface area contributed by atoms with Crippen LogP contribution in [0.25, 0.3) is 0 Å². The SMILES string of the molecule is OC[C@H]1OC(O)[C@H](OCc2ccccc2)[C@@H](OCc2ccccc2)[C@@H]1O[C@H]1O[C@H](COCc2ccccc2)[C@@H](OCc2ccccc2)[C@H](OCc2ccccc2)[C@H]1OCc1ccccc1. The number of hydrogen-bond acceptors (Lipinski definition) is 11. The van der Waals surface area contributed by atoms with Crippen LogP contribution in [0.3, 0.4) is 0 Å². The van der Waals surface area contributed by atoms with Crippen molar-refractivity contribution in [3.63, 3.8) is 0 Å². The molecule has 8 rings (SSSR count). The third kappa shape index (κ3) is 13.3. The molecule has 0 amide bonds. The van der Waals surface area contributed by atoms with E-state index >= 15 is 0 Å². The van der Waals surface area contributed by atoms with Gasteiger partial charge >= 0.3 is 0 Å². The maximum absolute atomic E-state index is 11.5. The molecule has 340 valence electrons. The van der Waals surface area contributed by atoms with Gasteiger partial charge in [0.05, 0.1) is 52.9 Å². The first kappa shape index (κ1) is 46.4. The first-order valence-corrected chi connectivity index (χ1v) is 22.3. The van der Waals surface area contributed by atoms with Gasteiger partial charge in [-0.2, -0.15) is 0 Å². The monoisotopic (exact) mass is 882 g/mol. The molecule has 6 aromatic rings. The van der Waals surface area contributed by atoms with Crippen LogP contribution < -0.4 is 0 Å². The summed E-state index contributed by atoms with van der Waals surface area (Å²) in [6.45, 7) is 0.970. The van der Waals surface area contributed by atoms with Gasteiger partial charge in [-0.05, 0) is 33.4 Å². The third-order valence-electron chi connectivity index (χ3n) is 11.5. The van der Waals surface area contributed by atoms with Crippen molar-refractivity contribution in [2.45, 2.75) is 101 Å². The lowest BCUT2D eigenvalue weighted by Gasteiger charge is -2.49. The van der Waals surface area contributed by atoms with Crippen LogP contribution in [0, 0.1) is 0 Å². The molecule has 2 saturated heterocycles. The summed E-state index contributed by atoms with van der Waals surface area (Å²) in [6.07, 6.45) is -9.81. The molecule has 0 bridgehead atoms. The minimum atomic E-state index is -1.45. The van der Waals surface area contributed by atoms with Crippen LogP contribution in [0.15, 0.2) is 182 Å². The molecular weight excluding hydrogens is 825 g/mol. The quantitative estimate of drug-likeness (QED) is 0.0691. The van der Waals surface area contributed by atoms with Crippen molar-refractivity contribution in [3.05, 3.63) is 215 Å². The molecule has 65 heavy (non-hydrogen) atoms. The maximum Gasteiger partial charge on any atom is 0.187 e. The van der Waals surface area contributed by atoms with Gasteiger partial charge in [0.1, 0.15) is 48.8 Å². The molecule has 0 aromatic heterocycles. The minimum absolute atomic E-state index is 0.116. The van der Waals surface area contributed by atoms with E-state index in [0.29, 0.717) is 6.61 Å². The first-order chi connectivity index (χ1) is 32.1. The van der Waals surface area contributed by atoms with Crippen molar-refractivity contribution >= 4 is 0 Å². The normalized spacial score (nSPS) is 25.6. The summed E-state index contributed by atoms with van der Waals surface area (Å²) in [5.74, 6) is 0. The number of aliphatic hydroxyl groups excluding tert-OH is 2. The average molecular weight is 883 g/mol. The molecule has 11 nitrogen and oxygen atoms in total. The molecule has 10 atom stereocenters. The van der Waals surface area contributed by atoms with E-state index < -0.39 is 68.0 Å². The summed E-state index contributed by atoms with van der Waals surface area (Å²) in [5, 5.41) is 22.5. The van der Waals surface area contributed by atoms with Crippen LogP contribution >= 0.6 is 0 Å². The smallest absolute Gasteiger partial charge is 0.187 e. The standard InChI is InChI=1S/C54H58O11/c55-31-45-48(50(60-35-42-25-13-4-14-26-42)51(53(56)63-45)61-36-43-27-15-5-16-28-43)65-54-52(62-37-44-29-17-6-18-30-44)49(59-34-41-23-11-3-12-24-41)47(58-33-40-21-9-2-10-22-40)46(64-54)38-57-32-39-19-7-1-8-20-39/h1-30,45-56H,31-38H2/t45-,46-,47-,48-,49+,50+,51-,52-,53?,54-/m1/s1. The Morgan fingerprint density at radius 2 is 0.692 bits per heavy atom. The highest BCUT2D eigenvalue weighted by Gasteiger charge is 2.54. The number of hydrogen-bond donors (Lipinski definition) is 2. The van der Waals surface area contributed by atoms with Crippen molar-refractivity contribution in [2.75, 3.05) is 13.2 Å². The van der Waals surface area contributed by atoms with Crippen molar-refractivity contribution in [2.24, 2.45) is 0 Å². The van der Waals surface area contributed by atoms with E-state index in [1.54, 1.807) is 0 Å². The topological polar surface area (TPSA) is 124 Å². The minimum Gasteiger partial charge on any atom is -0.394 e. The molecule has 2 aliphatic rings. The van der Waals surface area contributed by atoms with Gasteiger partial charge < -0.3 is 52.8 Å². The highest BCUT2D eigenvalue weighted by atomic mass is 16.7. The Morgan fingerprint density at radius 3 is 1.09 bits per heavy atom. The van der Waals surface area contributed by atoms with Crippen molar-refractivity contribution in [1.82, 2.24) is 0 Å². The van der Waals surface area contributed by atoms with Crippen molar-refractivity contribution in [1.29, 1.82) is 0 Å². The van der Waals surface area contributed by atoms with E-state index in [1.165, 1.54) is 0 Å². The van der Waals surface area contributed by atoms with Gasteiger partial charge in [0.25, 0.3) is 0 Å².